The monoisotopic (exact) mass is 377 g/mol. The molecule has 1 saturated heterocycles. The Labute approximate surface area is 164 Å². The Morgan fingerprint density at radius 2 is 2.00 bits per heavy atom. The van der Waals surface area contributed by atoms with E-state index >= 15 is 0 Å². The predicted octanol–water partition coefficient (Wildman–Crippen LogP) is 3.33. The lowest BCUT2D eigenvalue weighted by molar-refractivity contribution is 0.0705. The number of ether oxygens (including phenoxy) is 1. The molecule has 1 fully saturated rings. The molecule has 3 aromatic rings. The molecule has 3 heterocycles. The molecule has 0 saturated carbocycles. The Hall–Kier alpha value is -3.22. The van der Waals surface area contributed by atoms with E-state index in [1.165, 1.54) is 0 Å². The van der Waals surface area contributed by atoms with Crippen LogP contribution in [0.25, 0.3) is 0 Å². The summed E-state index contributed by atoms with van der Waals surface area (Å²) < 4.78 is 7.53. The van der Waals surface area contributed by atoms with Gasteiger partial charge in [-0.1, -0.05) is 18.2 Å². The second-order valence-corrected chi connectivity index (χ2v) is 7.05. The summed E-state index contributed by atoms with van der Waals surface area (Å²) >= 11 is 0. The average molecular weight is 377 g/mol. The lowest BCUT2D eigenvalue weighted by atomic mass is 9.94. The molecule has 0 aliphatic carbocycles. The van der Waals surface area contributed by atoms with E-state index in [4.69, 9.17) is 4.74 Å². The third-order valence-electron chi connectivity index (χ3n) is 5.19. The Kier molecular flexibility index (Phi) is 5.06. The van der Waals surface area contributed by atoms with E-state index < -0.39 is 0 Å². The molecule has 1 amide bonds. The van der Waals surface area contributed by atoms with Crippen LogP contribution in [0.2, 0.25) is 0 Å². The van der Waals surface area contributed by atoms with Crippen LogP contribution in [0.1, 0.15) is 40.5 Å². The van der Waals surface area contributed by atoms with Gasteiger partial charge >= 0.3 is 0 Å². The number of nitrogens with zero attached hydrogens (tertiary/aromatic N) is 5. The maximum Gasteiger partial charge on any atom is 0.257 e. The summed E-state index contributed by atoms with van der Waals surface area (Å²) in [4.78, 5) is 23.8. The van der Waals surface area contributed by atoms with Crippen molar-refractivity contribution in [1.29, 1.82) is 0 Å². The Morgan fingerprint density at radius 1 is 1.18 bits per heavy atom. The van der Waals surface area contributed by atoms with Gasteiger partial charge in [0, 0.05) is 37.9 Å². The maximum atomic E-state index is 12.9. The molecule has 7 heteroatoms. The number of benzene rings is 1. The van der Waals surface area contributed by atoms with E-state index in [0.29, 0.717) is 18.0 Å². The molecule has 1 aliphatic heterocycles. The number of hydrogen-bond donors (Lipinski definition) is 0. The molecule has 0 spiro atoms. The van der Waals surface area contributed by atoms with Gasteiger partial charge in [-0.25, -0.2) is 4.98 Å². The highest BCUT2D eigenvalue weighted by Crippen LogP contribution is 2.28. The minimum absolute atomic E-state index is 0.0277. The van der Waals surface area contributed by atoms with Crippen molar-refractivity contribution in [3.63, 3.8) is 0 Å². The smallest absolute Gasteiger partial charge is 0.257 e. The number of carbonyl (C=O) groups excluding carboxylic acids is 1. The minimum atomic E-state index is 0.0277. The summed E-state index contributed by atoms with van der Waals surface area (Å²) in [5, 5.41) is 4.19. The zero-order valence-corrected chi connectivity index (χ0v) is 16.1. The van der Waals surface area contributed by atoms with Crippen LogP contribution in [-0.4, -0.2) is 43.6 Å². The number of hydrogen-bond acceptors (Lipinski definition) is 5. The van der Waals surface area contributed by atoms with Gasteiger partial charge < -0.3 is 9.64 Å². The van der Waals surface area contributed by atoms with Crippen molar-refractivity contribution >= 4 is 5.91 Å². The summed E-state index contributed by atoms with van der Waals surface area (Å²) in [6.45, 7) is 3.28. The third-order valence-corrected chi connectivity index (χ3v) is 5.19. The van der Waals surface area contributed by atoms with Gasteiger partial charge in [-0.3, -0.25) is 14.5 Å². The Morgan fingerprint density at radius 3 is 2.75 bits per heavy atom. The average Bonchev–Trinajstić information content (AvgIpc) is 3.07. The van der Waals surface area contributed by atoms with Crippen molar-refractivity contribution in [3.8, 4) is 11.6 Å². The van der Waals surface area contributed by atoms with E-state index in [2.05, 4.69) is 15.1 Å². The van der Waals surface area contributed by atoms with Crippen LogP contribution in [0.4, 0.5) is 0 Å². The van der Waals surface area contributed by atoms with Gasteiger partial charge in [0.25, 0.3) is 5.91 Å². The molecule has 144 valence electrons. The first-order valence-electron chi connectivity index (χ1n) is 9.44. The van der Waals surface area contributed by atoms with Crippen LogP contribution in [0, 0.1) is 6.92 Å². The first kappa shape index (κ1) is 18.2. The lowest BCUT2D eigenvalue weighted by Crippen LogP contribution is -2.39. The van der Waals surface area contributed by atoms with Crippen LogP contribution in [0.15, 0.2) is 48.9 Å². The van der Waals surface area contributed by atoms with Crippen molar-refractivity contribution in [2.45, 2.75) is 25.7 Å². The van der Waals surface area contributed by atoms with Crippen LogP contribution in [0.5, 0.6) is 11.6 Å². The standard InChI is InChI=1S/C21H23N5O2/c1-15-18(11-23-25(15)2)21(27)26-10-6-7-16(14-26)19-12-22-13-20(24-19)28-17-8-4-3-5-9-17/h3-5,8-9,11-13,16H,6-7,10,14H2,1-2H3. The molecule has 1 aromatic carbocycles. The number of amides is 1. The molecule has 7 nitrogen and oxygen atoms in total. The fourth-order valence-electron chi connectivity index (χ4n) is 3.50. The zero-order chi connectivity index (χ0) is 19.5. The number of aryl methyl sites for hydroxylation is 1. The number of likely N-dealkylation sites (tertiary alicyclic amines) is 1. The molecule has 2 aromatic heterocycles. The van der Waals surface area contributed by atoms with Gasteiger partial charge in [-0.2, -0.15) is 5.10 Å². The summed E-state index contributed by atoms with van der Waals surface area (Å²) in [6.07, 6.45) is 6.93. The molecule has 1 aliphatic rings. The second kappa shape index (κ2) is 7.80. The van der Waals surface area contributed by atoms with Gasteiger partial charge in [-0.05, 0) is 31.9 Å². The molecule has 4 rings (SSSR count). The minimum Gasteiger partial charge on any atom is -0.437 e. The molecule has 28 heavy (non-hydrogen) atoms. The molecular formula is C21H23N5O2. The van der Waals surface area contributed by atoms with E-state index in [0.717, 1.165) is 36.5 Å². The topological polar surface area (TPSA) is 73.1 Å². The number of rotatable bonds is 4. The fourth-order valence-corrected chi connectivity index (χ4v) is 3.50. The van der Waals surface area contributed by atoms with Crippen molar-refractivity contribution in [1.82, 2.24) is 24.6 Å². The highest BCUT2D eigenvalue weighted by molar-refractivity contribution is 5.95. The van der Waals surface area contributed by atoms with Gasteiger partial charge in [0.15, 0.2) is 0 Å². The normalized spacial score (nSPS) is 16.8. The van der Waals surface area contributed by atoms with Crippen LogP contribution < -0.4 is 4.74 Å². The number of aromatic nitrogens is 4. The summed E-state index contributed by atoms with van der Waals surface area (Å²) in [5.74, 6) is 1.36. The van der Waals surface area contributed by atoms with E-state index in [9.17, 15) is 4.79 Å². The second-order valence-electron chi connectivity index (χ2n) is 7.05. The van der Waals surface area contributed by atoms with Crippen molar-refractivity contribution in [2.24, 2.45) is 7.05 Å². The Balaban J connectivity index is 1.49. The van der Waals surface area contributed by atoms with Gasteiger partial charge in [0.2, 0.25) is 5.88 Å². The lowest BCUT2D eigenvalue weighted by Gasteiger charge is -2.32. The fraction of sp³-hybridized carbons (Fsp3) is 0.333. The van der Waals surface area contributed by atoms with Crippen LogP contribution in [0.3, 0.4) is 0 Å². The van der Waals surface area contributed by atoms with Crippen molar-refractivity contribution < 1.29 is 9.53 Å². The van der Waals surface area contributed by atoms with Crippen molar-refractivity contribution in [3.05, 3.63) is 65.9 Å². The molecule has 0 radical (unpaired) electrons. The maximum absolute atomic E-state index is 12.9. The number of para-hydroxylation sites is 1. The van der Waals surface area contributed by atoms with E-state index in [1.807, 2.05) is 49.2 Å². The first-order valence-corrected chi connectivity index (χ1v) is 9.44. The molecular weight excluding hydrogens is 354 g/mol. The van der Waals surface area contributed by atoms with Crippen LogP contribution in [-0.2, 0) is 7.05 Å². The van der Waals surface area contributed by atoms with E-state index in [-0.39, 0.29) is 11.8 Å². The first-order chi connectivity index (χ1) is 13.6. The molecule has 0 N–H and O–H groups in total. The van der Waals surface area contributed by atoms with Crippen LogP contribution >= 0.6 is 0 Å². The SMILES string of the molecule is Cc1c(C(=O)N2CCCC(c3cncc(Oc4ccccc4)n3)C2)cnn1C. The van der Waals surface area contributed by atoms with Gasteiger partial charge in [0.1, 0.15) is 5.75 Å². The Bertz CT molecular complexity index is 970. The molecule has 1 unspecified atom stereocenters. The quantitative estimate of drug-likeness (QED) is 0.697. The highest BCUT2D eigenvalue weighted by Gasteiger charge is 2.28. The summed E-state index contributed by atoms with van der Waals surface area (Å²) in [6, 6.07) is 9.53. The molecule has 0 bridgehead atoms. The summed E-state index contributed by atoms with van der Waals surface area (Å²) in [5.41, 5.74) is 2.40. The predicted molar refractivity (Wildman–Crippen MR) is 104 cm³/mol. The van der Waals surface area contributed by atoms with Gasteiger partial charge in [0.05, 0.1) is 23.7 Å². The third kappa shape index (κ3) is 3.74. The molecule has 1 atom stereocenters. The summed E-state index contributed by atoms with van der Waals surface area (Å²) in [7, 11) is 1.85. The van der Waals surface area contributed by atoms with Gasteiger partial charge in [-0.15, -0.1) is 0 Å². The number of carbonyl (C=O) groups is 1. The number of piperidine rings is 1. The highest BCUT2D eigenvalue weighted by atomic mass is 16.5. The van der Waals surface area contributed by atoms with Crippen molar-refractivity contribution in [2.75, 3.05) is 13.1 Å². The zero-order valence-electron chi connectivity index (χ0n) is 16.1. The van der Waals surface area contributed by atoms with E-state index in [1.54, 1.807) is 23.3 Å². The largest absolute Gasteiger partial charge is 0.437 e.